The fourth-order valence-corrected chi connectivity index (χ4v) is 3.45. The van der Waals surface area contributed by atoms with E-state index in [2.05, 4.69) is 0 Å². The minimum absolute atomic E-state index is 0.0984. The Balaban J connectivity index is 1.49. The third kappa shape index (κ3) is 5.69. The van der Waals surface area contributed by atoms with Gasteiger partial charge in [0.15, 0.2) is 18.1 Å². The number of nitrogens with two attached hydrogens (primary N) is 1. The summed E-state index contributed by atoms with van der Waals surface area (Å²) in [4.78, 5) is 39.7. The maximum Gasteiger partial charge on any atom is 0.260 e. The van der Waals surface area contributed by atoms with Crippen molar-refractivity contribution in [3.63, 3.8) is 0 Å². The summed E-state index contributed by atoms with van der Waals surface area (Å²) in [5, 5.41) is 0. The maximum absolute atomic E-state index is 12.8. The van der Waals surface area contributed by atoms with Crippen LogP contribution in [0.4, 0.5) is 0 Å². The Morgan fingerprint density at radius 1 is 0.875 bits per heavy atom. The van der Waals surface area contributed by atoms with Crippen LogP contribution in [0.25, 0.3) is 0 Å². The van der Waals surface area contributed by atoms with Gasteiger partial charge in [0, 0.05) is 31.7 Å². The molecule has 0 radical (unpaired) electrons. The summed E-state index contributed by atoms with van der Waals surface area (Å²) in [7, 11) is 3.06. The average molecular weight is 441 g/mol. The number of primary amides is 1. The predicted octanol–water partition coefficient (Wildman–Crippen LogP) is 1.10. The van der Waals surface area contributed by atoms with Crippen molar-refractivity contribution >= 4 is 17.7 Å². The lowest BCUT2D eigenvalue weighted by Crippen LogP contribution is -2.51. The molecule has 170 valence electrons. The molecule has 1 aliphatic heterocycles. The molecule has 0 atom stereocenters. The molecule has 32 heavy (non-hydrogen) atoms. The maximum atomic E-state index is 12.8. The molecule has 0 spiro atoms. The molecule has 0 bridgehead atoms. The lowest BCUT2D eigenvalue weighted by Gasteiger charge is -2.34. The van der Waals surface area contributed by atoms with Crippen LogP contribution in [0.2, 0.25) is 0 Å². The van der Waals surface area contributed by atoms with Gasteiger partial charge in [-0.25, -0.2) is 0 Å². The number of ether oxygens (including phenoxy) is 3. The molecule has 3 amide bonds. The third-order valence-electron chi connectivity index (χ3n) is 5.21. The van der Waals surface area contributed by atoms with Gasteiger partial charge < -0.3 is 29.7 Å². The van der Waals surface area contributed by atoms with Crippen LogP contribution >= 0.6 is 0 Å². The summed E-state index contributed by atoms with van der Waals surface area (Å²) in [5.41, 5.74) is 6.46. The summed E-state index contributed by atoms with van der Waals surface area (Å²) in [5.74, 6) is 0.912. The van der Waals surface area contributed by atoms with Gasteiger partial charge in [0.2, 0.25) is 5.91 Å². The molecule has 2 aromatic carbocycles. The van der Waals surface area contributed by atoms with Gasteiger partial charge in [0.25, 0.3) is 11.8 Å². The number of piperazine rings is 1. The van der Waals surface area contributed by atoms with E-state index in [9.17, 15) is 14.4 Å². The molecule has 1 aliphatic rings. The van der Waals surface area contributed by atoms with Gasteiger partial charge in [-0.3, -0.25) is 14.4 Å². The fourth-order valence-electron chi connectivity index (χ4n) is 3.45. The Morgan fingerprint density at radius 2 is 1.50 bits per heavy atom. The van der Waals surface area contributed by atoms with Crippen LogP contribution in [0.15, 0.2) is 42.5 Å². The molecule has 9 heteroatoms. The smallest absolute Gasteiger partial charge is 0.260 e. The molecule has 9 nitrogen and oxygen atoms in total. The number of rotatable bonds is 8. The van der Waals surface area contributed by atoms with Gasteiger partial charge in [-0.05, 0) is 35.9 Å². The Morgan fingerprint density at radius 3 is 2.09 bits per heavy atom. The number of methoxy groups -OCH3 is 2. The van der Waals surface area contributed by atoms with Crippen molar-refractivity contribution in [3.8, 4) is 17.2 Å². The van der Waals surface area contributed by atoms with Gasteiger partial charge in [-0.2, -0.15) is 0 Å². The first-order chi connectivity index (χ1) is 15.4. The van der Waals surface area contributed by atoms with Gasteiger partial charge in [-0.1, -0.05) is 12.1 Å². The highest BCUT2D eigenvalue weighted by molar-refractivity contribution is 5.95. The zero-order valence-corrected chi connectivity index (χ0v) is 18.2. The quantitative estimate of drug-likeness (QED) is 0.657. The highest BCUT2D eigenvalue weighted by Crippen LogP contribution is 2.28. The second kappa shape index (κ2) is 10.5. The summed E-state index contributed by atoms with van der Waals surface area (Å²) in [6, 6.07) is 11.9. The number of amides is 3. The minimum Gasteiger partial charge on any atom is -0.493 e. The van der Waals surface area contributed by atoms with Crippen molar-refractivity contribution in [2.75, 3.05) is 47.0 Å². The lowest BCUT2D eigenvalue weighted by atomic mass is 10.1. The highest BCUT2D eigenvalue weighted by Gasteiger charge is 2.25. The largest absolute Gasteiger partial charge is 0.493 e. The van der Waals surface area contributed by atoms with Crippen molar-refractivity contribution in [2.45, 2.75) is 6.42 Å². The summed E-state index contributed by atoms with van der Waals surface area (Å²) in [6.07, 6.45) is 0.158. The molecule has 0 aliphatic carbocycles. The van der Waals surface area contributed by atoms with Crippen molar-refractivity contribution in [2.24, 2.45) is 5.73 Å². The SMILES string of the molecule is COc1ccc(C(=O)N2CCN(C(=O)COc3ccc(CC(N)=O)cc3)CC2)cc1OC. The Bertz CT molecular complexity index is 968. The topological polar surface area (TPSA) is 111 Å². The van der Waals surface area contributed by atoms with E-state index in [4.69, 9.17) is 19.9 Å². The van der Waals surface area contributed by atoms with E-state index in [0.717, 1.165) is 5.56 Å². The van der Waals surface area contributed by atoms with E-state index in [1.807, 2.05) is 0 Å². The standard InChI is InChI=1S/C23H27N3O6/c1-30-19-8-5-17(14-20(19)31-2)23(29)26-11-9-25(10-12-26)22(28)15-32-18-6-3-16(4-7-18)13-21(24)27/h3-8,14H,9-13,15H2,1-2H3,(H2,24,27). The third-order valence-corrected chi connectivity index (χ3v) is 5.21. The van der Waals surface area contributed by atoms with Crippen LogP contribution in [-0.2, 0) is 16.0 Å². The second-order valence-corrected chi connectivity index (χ2v) is 7.32. The van der Waals surface area contributed by atoms with E-state index in [1.54, 1.807) is 59.4 Å². The van der Waals surface area contributed by atoms with Crippen molar-refractivity contribution in [3.05, 3.63) is 53.6 Å². The number of carbonyl (C=O) groups is 3. The molecule has 1 saturated heterocycles. The Hall–Kier alpha value is -3.75. The predicted molar refractivity (Wildman–Crippen MR) is 117 cm³/mol. The van der Waals surface area contributed by atoms with E-state index in [0.29, 0.717) is 49.0 Å². The van der Waals surface area contributed by atoms with Crippen LogP contribution < -0.4 is 19.9 Å². The van der Waals surface area contributed by atoms with Crippen LogP contribution in [-0.4, -0.2) is 74.5 Å². The van der Waals surface area contributed by atoms with Gasteiger partial charge in [-0.15, -0.1) is 0 Å². The second-order valence-electron chi connectivity index (χ2n) is 7.32. The molecule has 0 aromatic heterocycles. The fraction of sp³-hybridized carbons (Fsp3) is 0.348. The molecule has 0 saturated carbocycles. The van der Waals surface area contributed by atoms with Crippen LogP contribution in [0.5, 0.6) is 17.2 Å². The monoisotopic (exact) mass is 441 g/mol. The zero-order valence-electron chi connectivity index (χ0n) is 18.2. The van der Waals surface area contributed by atoms with Crippen molar-refractivity contribution in [1.82, 2.24) is 9.80 Å². The minimum atomic E-state index is -0.405. The van der Waals surface area contributed by atoms with Gasteiger partial charge in [0.1, 0.15) is 5.75 Å². The first-order valence-electron chi connectivity index (χ1n) is 10.2. The number of carbonyl (C=O) groups excluding carboxylic acids is 3. The zero-order chi connectivity index (χ0) is 23.1. The summed E-state index contributed by atoms with van der Waals surface area (Å²) in [6.45, 7) is 1.62. The van der Waals surface area contributed by atoms with Crippen LogP contribution in [0.1, 0.15) is 15.9 Å². The van der Waals surface area contributed by atoms with E-state index in [-0.39, 0.29) is 24.8 Å². The molecular weight excluding hydrogens is 414 g/mol. The molecular formula is C23H27N3O6. The van der Waals surface area contributed by atoms with Gasteiger partial charge in [0.05, 0.1) is 20.6 Å². The first kappa shape index (κ1) is 22.9. The Kier molecular flexibility index (Phi) is 7.54. The van der Waals surface area contributed by atoms with E-state index in [1.165, 1.54) is 7.11 Å². The van der Waals surface area contributed by atoms with E-state index >= 15 is 0 Å². The molecule has 1 fully saturated rings. The Labute approximate surface area is 186 Å². The number of hydrogen-bond donors (Lipinski definition) is 1. The van der Waals surface area contributed by atoms with Crippen LogP contribution in [0, 0.1) is 0 Å². The number of benzene rings is 2. The molecule has 3 rings (SSSR count). The average Bonchev–Trinajstić information content (AvgIpc) is 2.82. The molecule has 1 heterocycles. The van der Waals surface area contributed by atoms with Crippen molar-refractivity contribution < 1.29 is 28.6 Å². The summed E-state index contributed by atoms with van der Waals surface area (Å²) >= 11 is 0. The highest BCUT2D eigenvalue weighted by atomic mass is 16.5. The normalized spacial score (nSPS) is 13.4. The molecule has 2 aromatic rings. The van der Waals surface area contributed by atoms with Gasteiger partial charge >= 0.3 is 0 Å². The number of hydrogen-bond acceptors (Lipinski definition) is 6. The molecule has 2 N–H and O–H groups in total. The van der Waals surface area contributed by atoms with Crippen LogP contribution in [0.3, 0.4) is 0 Å². The first-order valence-corrected chi connectivity index (χ1v) is 10.2. The lowest BCUT2D eigenvalue weighted by molar-refractivity contribution is -0.134. The summed E-state index contributed by atoms with van der Waals surface area (Å²) < 4.78 is 16.0. The van der Waals surface area contributed by atoms with E-state index < -0.39 is 5.91 Å². The number of nitrogens with zero attached hydrogens (tertiary/aromatic N) is 2. The molecule has 0 unspecified atom stereocenters. The van der Waals surface area contributed by atoms with Crippen molar-refractivity contribution in [1.29, 1.82) is 0 Å².